The SMILES string of the molecule is O=C(CCC(=O)c1ccc2c(c1)CCCC2)NCCNC(=O)c1ccccc1Cl. The fourth-order valence-electron chi connectivity index (χ4n) is 3.49. The number of halogens is 1. The van der Waals surface area contributed by atoms with E-state index in [1.165, 1.54) is 24.0 Å². The molecule has 0 heterocycles. The standard InChI is InChI=1S/C23H25ClN2O3/c24-20-8-4-3-7-19(20)23(29)26-14-13-25-22(28)12-11-21(27)18-10-9-16-5-1-2-6-17(16)15-18/h3-4,7-10,15H,1-2,5-6,11-14H2,(H,25,28)(H,26,29). The molecule has 5 nitrogen and oxygen atoms in total. The van der Waals surface area contributed by atoms with Gasteiger partial charge in [-0.3, -0.25) is 14.4 Å². The minimum absolute atomic E-state index is 0.0134. The van der Waals surface area contributed by atoms with Crippen molar-refractivity contribution < 1.29 is 14.4 Å². The Bertz CT molecular complexity index is 911. The molecule has 29 heavy (non-hydrogen) atoms. The van der Waals surface area contributed by atoms with E-state index in [4.69, 9.17) is 11.6 Å². The number of rotatable bonds is 8. The summed E-state index contributed by atoms with van der Waals surface area (Å²) >= 11 is 5.98. The van der Waals surface area contributed by atoms with Gasteiger partial charge in [0.1, 0.15) is 0 Å². The summed E-state index contributed by atoms with van der Waals surface area (Å²) in [5.41, 5.74) is 3.69. The highest BCUT2D eigenvalue weighted by molar-refractivity contribution is 6.33. The van der Waals surface area contributed by atoms with Gasteiger partial charge < -0.3 is 10.6 Å². The van der Waals surface area contributed by atoms with Crippen molar-refractivity contribution in [2.45, 2.75) is 38.5 Å². The van der Waals surface area contributed by atoms with Crippen molar-refractivity contribution in [3.63, 3.8) is 0 Å². The Morgan fingerprint density at radius 3 is 2.38 bits per heavy atom. The zero-order chi connectivity index (χ0) is 20.6. The number of aryl methyl sites for hydroxylation is 2. The number of hydrogen-bond acceptors (Lipinski definition) is 3. The molecule has 0 aromatic heterocycles. The normalized spacial score (nSPS) is 12.7. The van der Waals surface area contributed by atoms with Gasteiger partial charge in [-0.15, -0.1) is 0 Å². The highest BCUT2D eigenvalue weighted by Crippen LogP contribution is 2.23. The molecular formula is C23H25ClN2O3. The molecule has 0 saturated heterocycles. The molecule has 1 aliphatic carbocycles. The molecule has 152 valence electrons. The zero-order valence-electron chi connectivity index (χ0n) is 16.3. The summed E-state index contributed by atoms with van der Waals surface area (Å²) in [4.78, 5) is 36.4. The quantitative estimate of drug-likeness (QED) is 0.512. The first kappa shape index (κ1) is 21.1. The molecule has 1 aliphatic rings. The summed E-state index contributed by atoms with van der Waals surface area (Å²) in [6.07, 6.45) is 4.79. The van der Waals surface area contributed by atoms with E-state index in [2.05, 4.69) is 10.6 Å². The molecule has 0 spiro atoms. The third kappa shape index (κ3) is 5.91. The average molecular weight is 413 g/mol. The zero-order valence-corrected chi connectivity index (χ0v) is 17.1. The maximum Gasteiger partial charge on any atom is 0.252 e. The molecule has 0 saturated carbocycles. The summed E-state index contributed by atoms with van der Waals surface area (Å²) in [5.74, 6) is -0.503. The number of Topliss-reactive ketones (excluding diaryl/α,β-unsaturated/α-hetero) is 1. The van der Waals surface area contributed by atoms with Gasteiger partial charge in [-0.1, -0.05) is 35.9 Å². The first-order valence-electron chi connectivity index (χ1n) is 9.99. The first-order valence-corrected chi connectivity index (χ1v) is 10.4. The van der Waals surface area contributed by atoms with Crippen molar-refractivity contribution in [3.05, 3.63) is 69.7 Å². The molecule has 6 heteroatoms. The predicted molar refractivity (Wildman–Crippen MR) is 113 cm³/mol. The van der Waals surface area contributed by atoms with E-state index in [-0.39, 0.29) is 37.0 Å². The van der Waals surface area contributed by atoms with Crippen molar-refractivity contribution in [1.29, 1.82) is 0 Å². The molecule has 2 aromatic rings. The van der Waals surface area contributed by atoms with E-state index in [9.17, 15) is 14.4 Å². The molecule has 0 unspecified atom stereocenters. The van der Waals surface area contributed by atoms with Gasteiger partial charge in [-0.05, 0) is 55.0 Å². The van der Waals surface area contributed by atoms with Crippen LogP contribution in [0.5, 0.6) is 0 Å². The predicted octanol–water partition coefficient (Wildman–Crippen LogP) is 3.73. The molecule has 3 rings (SSSR count). The smallest absolute Gasteiger partial charge is 0.252 e. The number of amides is 2. The summed E-state index contributed by atoms with van der Waals surface area (Å²) in [6, 6.07) is 12.7. The van der Waals surface area contributed by atoms with E-state index in [1.807, 2.05) is 18.2 Å². The third-order valence-corrected chi connectivity index (χ3v) is 5.43. The summed E-state index contributed by atoms with van der Waals surface area (Å²) < 4.78 is 0. The molecule has 0 fully saturated rings. The third-order valence-electron chi connectivity index (χ3n) is 5.10. The molecular weight excluding hydrogens is 388 g/mol. The van der Waals surface area contributed by atoms with Crippen LogP contribution in [-0.4, -0.2) is 30.7 Å². The van der Waals surface area contributed by atoms with Gasteiger partial charge in [-0.25, -0.2) is 0 Å². The van der Waals surface area contributed by atoms with Crippen LogP contribution < -0.4 is 10.6 Å². The lowest BCUT2D eigenvalue weighted by Gasteiger charge is -2.16. The monoisotopic (exact) mass is 412 g/mol. The van der Waals surface area contributed by atoms with Gasteiger partial charge in [-0.2, -0.15) is 0 Å². The number of fused-ring (bicyclic) bond motifs is 1. The van der Waals surface area contributed by atoms with Crippen LogP contribution in [0.25, 0.3) is 0 Å². The molecule has 2 aromatic carbocycles. The molecule has 2 N–H and O–H groups in total. The van der Waals surface area contributed by atoms with Gasteiger partial charge in [0, 0.05) is 31.5 Å². The van der Waals surface area contributed by atoms with E-state index in [1.54, 1.807) is 24.3 Å². The van der Waals surface area contributed by atoms with Gasteiger partial charge in [0.2, 0.25) is 5.91 Å². The number of ketones is 1. The van der Waals surface area contributed by atoms with Crippen LogP contribution in [0.4, 0.5) is 0 Å². The first-order chi connectivity index (χ1) is 14.0. The second-order valence-corrected chi connectivity index (χ2v) is 7.61. The Balaban J connectivity index is 1.37. The van der Waals surface area contributed by atoms with Gasteiger partial charge in [0.25, 0.3) is 5.91 Å². The molecule has 0 bridgehead atoms. The Morgan fingerprint density at radius 1 is 0.862 bits per heavy atom. The molecule has 2 amide bonds. The summed E-state index contributed by atoms with van der Waals surface area (Å²) in [7, 11) is 0. The summed E-state index contributed by atoms with van der Waals surface area (Å²) in [5, 5.41) is 5.82. The van der Waals surface area contributed by atoms with Crippen molar-refractivity contribution in [3.8, 4) is 0 Å². The van der Waals surface area contributed by atoms with E-state index < -0.39 is 0 Å². The highest BCUT2D eigenvalue weighted by Gasteiger charge is 2.14. The van der Waals surface area contributed by atoms with Crippen molar-refractivity contribution in [2.75, 3.05) is 13.1 Å². The molecule has 0 aliphatic heterocycles. The number of carbonyl (C=O) groups is 3. The number of nitrogens with one attached hydrogen (secondary N) is 2. The fraction of sp³-hybridized carbons (Fsp3) is 0.348. The van der Waals surface area contributed by atoms with Gasteiger partial charge in [0.15, 0.2) is 5.78 Å². The van der Waals surface area contributed by atoms with Crippen LogP contribution in [0.15, 0.2) is 42.5 Å². The number of benzene rings is 2. The van der Waals surface area contributed by atoms with E-state index >= 15 is 0 Å². The van der Waals surface area contributed by atoms with E-state index in [0.717, 1.165) is 12.8 Å². The minimum Gasteiger partial charge on any atom is -0.354 e. The lowest BCUT2D eigenvalue weighted by Crippen LogP contribution is -2.34. The Kier molecular flexibility index (Phi) is 7.42. The molecule has 0 atom stereocenters. The maximum atomic E-state index is 12.4. The van der Waals surface area contributed by atoms with Crippen LogP contribution >= 0.6 is 11.6 Å². The lowest BCUT2D eigenvalue weighted by atomic mass is 9.89. The van der Waals surface area contributed by atoms with Gasteiger partial charge >= 0.3 is 0 Å². The van der Waals surface area contributed by atoms with Crippen LogP contribution in [-0.2, 0) is 17.6 Å². The van der Waals surface area contributed by atoms with Crippen molar-refractivity contribution >= 4 is 29.2 Å². The van der Waals surface area contributed by atoms with Crippen molar-refractivity contribution in [2.24, 2.45) is 0 Å². The maximum absolute atomic E-state index is 12.4. The molecule has 0 radical (unpaired) electrons. The fourth-order valence-corrected chi connectivity index (χ4v) is 3.71. The second-order valence-electron chi connectivity index (χ2n) is 7.20. The number of carbonyl (C=O) groups excluding carboxylic acids is 3. The second kappa shape index (κ2) is 10.2. The topological polar surface area (TPSA) is 75.3 Å². The van der Waals surface area contributed by atoms with Crippen LogP contribution in [0, 0.1) is 0 Å². The van der Waals surface area contributed by atoms with Gasteiger partial charge in [0.05, 0.1) is 10.6 Å². The lowest BCUT2D eigenvalue weighted by molar-refractivity contribution is -0.121. The average Bonchev–Trinajstić information content (AvgIpc) is 2.74. The summed E-state index contributed by atoms with van der Waals surface area (Å²) in [6.45, 7) is 0.580. The Morgan fingerprint density at radius 2 is 1.59 bits per heavy atom. The highest BCUT2D eigenvalue weighted by atomic mass is 35.5. The van der Waals surface area contributed by atoms with Crippen LogP contribution in [0.1, 0.15) is 57.5 Å². The van der Waals surface area contributed by atoms with E-state index in [0.29, 0.717) is 22.7 Å². The number of hydrogen-bond donors (Lipinski definition) is 2. The Hall–Kier alpha value is -2.66. The van der Waals surface area contributed by atoms with Crippen LogP contribution in [0.2, 0.25) is 5.02 Å². The van der Waals surface area contributed by atoms with Crippen LogP contribution in [0.3, 0.4) is 0 Å². The largest absolute Gasteiger partial charge is 0.354 e. The Labute approximate surface area is 175 Å². The van der Waals surface area contributed by atoms with Crippen molar-refractivity contribution in [1.82, 2.24) is 10.6 Å². The minimum atomic E-state index is -0.285.